The third kappa shape index (κ3) is 2.30. The first kappa shape index (κ1) is 12.4. The van der Waals surface area contributed by atoms with E-state index in [9.17, 15) is 22.7 Å². The van der Waals surface area contributed by atoms with Crippen LogP contribution in [0.1, 0.15) is 5.56 Å². The molecule has 0 aliphatic heterocycles. The first-order valence-electron chi connectivity index (χ1n) is 5.04. The predicted octanol–water partition coefficient (Wildman–Crippen LogP) is 4.22. The van der Waals surface area contributed by atoms with Crippen molar-refractivity contribution in [2.24, 2.45) is 0 Å². The van der Waals surface area contributed by atoms with E-state index in [0.717, 1.165) is 18.2 Å². The van der Waals surface area contributed by atoms with Gasteiger partial charge in [-0.3, -0.25) is 0 Å². The third-order valence-electron chi connectivity index (χ3n) is 2.48. The van der Waals surface area contributed by atoms with Crippen molar-refractivity contribution >= 4 is 0 Å². The summed E-state index contributed by atoms with van der Waals surface area (Å²) in [4.78, 5) is 0. The van der Waals surface area contributed by atoms with Crippen molar-refractivity contribution in [1.82, 2.24) is 0 Å². The maximum absolute atomic E-state index is 13.6. The molecule has 5 heteroatoms. The van der Waals surface area contributed by atoms with Crippen LogP contribution in [0.3, 0.4) is 0 Å². The number of phenols is 1. The Bertz CT molecular complexity index is 575. The SMILES string of the molecule is Oc1cccc(-c2cccc(C(F)(F)F)c2)c1F. The van der Waals surface area contributed by atoms with Crippen LogP contribution in [0.25, 0.3) is 11.1 Å². The molecule has 0 atom stereocenters. The predicted molar refractivity (Wildman–Crippen MR) is 58.5 cm³/mol. The first-order valence-corrected chi connectivity index (χ1v) is 5.04. The second-order valence-electron chi connectivity index (χ2n) is 3.72. The molecular formula is C13H8F4O. The van der Waals surface area contributed by atoms with E-state index < -0.39 is 23.3 Å². The van der Waals surface area contributed by atoms with Gasteiger partial charge in [0.15, 0.2) is 11.6 Å². The van der Waals surface area contributed by atoms with Gasteiger partial charge >= 0.3 is 6.18 Å². The standard InChI is InChI=1S/C13H8F4O/c14-12-10(5-2-6-11(12)18)8-3-1-4-9(7-8)13(15,16)17/h1-7,18H. The van der Waals surface area contributed by atoms with Crippen LogP contribution in [0.4, 0.5) is 17.6 Å². The number of hydrogen-bond acceptors (Lipinski definition) is 1. The average Bonchev–Trinajstić information content (AvgIpc) is 2.32. The fraction of sp³-hybridized carbons (Fsp3) is 0.0769. The highest BCUT2D eigenvalue weighted by atomic mass is 19.4. The second-order valence-corrected chi connectivity index (χ2v) is 3.72. The third-order valence-corrected chi connectivity index (χ3v) is 2.48. The Labute approximate surface area is 100 Å². The van der Waals surface area contributed by atoms with E-state index in [-0.39, 0.29) is 11.1 Å². The molecule has 2 aromatic rings. The Morgan fingerprint density at radius 1 is 0.944 bits per heavy atom. The lowest BCUT2D eigenvalue weighted by Gasteiger charge is -2.09. The number of halogens is 4. The van der Waals surface area contributed by atoms with Crippen LogP contribution in [0.2, 0.25) is 0 Å². The van der Waals surface area contributed by atoms with E-state index in [0.29, 0.717) is 0 Å². The number of rotatable bonds is 1. The molecule has 0 unspecified atom stereocenters. The number of phenolic OH excluding ortho intramolecular Hbond substituents is 1. The van der Waals surface area contributed by atoms with Crippen LogP contribution in [0.15, 0.2) is 42.5 Å². The number of alkyl halides is 3. The van der Waals surface area contributed by atoms with Gasteiger partial charge in [0.1, 0.15) is 0 Å². The highest BCUT2D eigenvalue weighted by Crippen LogP contribution is 2.34. The van der Waals surface area contributed by atoms with Gasteiger partial charge in [-0.25, -0.2) is 4.39 Å². The van der Waals surface area contributed by atoms with Gasteiger partial charge in [-0.1, -0.05) is 24.3 Å². The molecule has 0 saturated carbocycles. The molecule has 0 spiro atoms. The molecule has 0 aliphatic rings. The first-order chi connectivity index (χ1) is 8.39. The van der Waals surface area contributed by atoms with Crippen LogP contribution < -0.4 is 0 Å². The van der Waals surface area contributed by atoms with E-state index in [1.165, 1.54) is 24.3 Å². The van der Waals surface area contributed by atoms with Gasteiger partial charge < -0.3 is 5.11 Å². The van der Waals surface area contributed by atoms with Crippen molar-refractivity contribution in [3.8, 4) is 16.9 Å². The molecule has 94 valence electrons. The van der Waals surface area contributed by atoms with Crippen LogP contribution >= 0.6 is 0 Å². The molecule has 0 bridgehead atoms. The topological polar surface area (TPSA) is 20.2 Å². The summed E-state index contributed by atoms with van der Waals surface area (Å²) >= 11 is 0. The van der Waals surface area contributed by atoms with E-state index in [1.807, 2.05) is 0 Å². The Kier molecular flexibility index (Phi) is 2.98. The van der Waals surface area contributed by atoms with Gasteiger partial charge in [0.2, 0.25) is 0 Å². The Hall–Kier alpha value is -2.04. The molecule has 1 nitrogen and oxygen atoms in total. The van der Waals surface area contributed by atoms with Crippen LogP contribution in [-0.4, -0.2) is 5.11 Å². The summed E-state index contributed by atoms with van der Waals surface area (Å²) in [6, 6.07) is 8.11. The summed E-state index contributed by atoms with van der Waals surface area (Å²) in [7, 11) is 0. The lowest BCUT2D eigenvalue weighted by molar-refractivity contribution is -0.137. The zero-order chi connectivity index (χ0) is 13.3. The fourth-order valence-electron chi connectivity index (χ4n) is 1.61. The van der Waals surface area contributed by atoms with Crippen molar-refractivity contribution in [3.63, 3.8) is 0 Å². The molecule has 18 heavy (non-hydrogen) atoms. The second kappa shape index (κ2) is 4.33. The average molecular weight is 256 g/mol. The molecule has 0 aromatic heterocycles. The van der Waals surface area contributed by atoms with E-state index in [4.69, 9.17) is 0 Å². The molecule has 0 fully saturated rings. The van der Waals surface area contributed by atoms with E-state index >= 15 is 0 Å². The highest BCUT2D eigenvalue weighted by Gasteiger charge is 2.30. The number of benzene rings is 2. The summed E-state index contributed by atoms with van der Waals surface area (Å²) < 4.78 is 51.1. The van der Waals surface area contributed by atoms with E-state index in [1.54, 1.807) is 0 Å². The van der Waals surface area contributed by atoms with Crippen molar-refractivity contribution in [2.75, 3.05) is 0 Å². The maximum Gasteiger partial charge on any atom is 0.416 e. The van der Waals surface area contributed by atoms with Crippen molar-refractivity contribution in [3.05, 3.63) is 53.8 Å². The molecule has 2 aromatic carbocycles. The molecule has 0 heterocycles. The van der Waals surface area contributed by atoms with Crippen molar-refractivity contribution in [1.29, 1.82) is 0 Å². The minimum atomic E-state index is -4.48. The van der Waals surface area contributed by atoms with Gasteiger partial charge in [-0.15, -0.1) is 0 Å². The van der Waals surface area contributed by atoms with Gasteiger partial charge in [0.25, 0.3) is 0 Å². The molecule has 0 amide bonds. The maximum atomic E-state index is 13.6. The number of aromatic hydroxyl groups is 1. The van der Waals surface area contributed by atoms with Crippen molar-refractivity contribution in [2.45, 2.75) is 6.18 Å². The lowest BCUT2D eigenvalue weighted by Crippen LogP contribution is -2.04. The summed E-state index contributed by atoms with van der Waals surface area (Å²) in [5.41, 5.74) is -0.859. The van der Waals surface area contributed by atoms with Gasteiger partial charge in [-0.05, 0) is 23.8 Å². The minimum Gasteiger partial charge on any atom is -0.505 e. The fourth-order valence-corrected chi connectivity index (χ4v) is 1.61. The van der Waals surface area contributed by atoms with Crippen LogP contribution in [0.5, 0.6) is 5.75 Å². The molecule has 0 aliphatic carbocycles. The molecule has 2 rings (SSSR count). The monoisotopic (exact) mass is 256 g/mol. The van der Waals surface area contributed by atoms with Crippen molar-refractivity contribution < 1.29 is 22.7 Å². The molecule has 1 N–H and O–H groups in total. The molecule has 0 saturated heterocycles. The van der Waals surface area contributed by atoms with Gasteiger partial charge in [0, 0.05) is 5.56 Å². The van der Waals surface area contributed by atoms with E-state index in [2.05, 4.69) is 0 Å². The smallest absolute Gasteiger partial charge is 0.416 e. The Morgan fingerprint density at radius 3 is 2.28 bits per heavy atom. The normalized spacial score (nSPS) is 11.6. The summed E-state index contributed by atoms with van der Waals surface area (Å²) in [5.74, 6) is -1.53. The quantitative estimate of drug-likeness (QED) is 0.757. The minimum absolute atomic E-state index is 0.0678. The zero-order valence-electron chi connectivity index (χ0n) is 9.00. The highest BCUT2D eigenvalue weighted by molar-refractivity contribution is 5.66. The van der Waals surface area contributed by atoms with Gasteiger partial charge in [-0.2, -0.15) is 13.2 Å². The summed E-state index contributed by atoms with van der Waals surface area (Å²) in [6.45, 7) is 0. The zero-order valence-corrected chi connectivity index (χ0v) is 9.00. The molecule has 0 radical (unpaired) electrons. The Morgan fingerprint density at radius 2 is 1.61 bits per heavy atom. The number of hydrogen-bond donors (Lipinski definition) is 1. The Balaban J connectivity index is 2.55. The largest absolute Gasteiger partial charge is 0.505 e. The lowest BCUT2D eigenvalue weighted by atomic mass is 10.0. The molecular weight excluding hydrogens is 248 g/mol. The summed E-state index contributed by atoms with van der Waals surface area (Å²) in [5, 5.41) is 9.19. The summed E-state index contributed by atoms with van der Waals surface area (Å²) in [6.07, 6.45) is -4.48. The van der Waals surface area contributed by atoms with Crippen LogP contribution in [0, 0.1) is 5.82 Å². The van der Waals surface area contributed by atoms with Crippen LogP contribution in [-0.2, 0) is 6.18 Å². The van der Waals surface area contributed by atoms with Gasteiger partial charge in [0.05, 0.1) is 5.56 Å².